The van der Waals surface area contributed by atoms with Crippen LogP contribution in [-0.4, -0.2) is 56.6 Å². The zero-order valence-electron chi connectivity index (χ0n) is 9.93. The molecule has 17 heavy (non-hydrogen) atoms. The monoisotopic (exact) mass is 288 g/mol. The van der Waals surface area contributed by atoms with Crippen molar-refractivity contribution in [2.24, 2.45) is 5.92 Å². The smallest absolute Gasteiger partial charge is 0.328 e. The van der Waals surface area contributed by atoms with Crippen molar-refractivity contribution < 1.29 is 33.2 Å². The van der Waals surface area contributed by atoms with Gasteiger partial charge in [0.15, 0.2) is 5.40 Å². The molecule has 0 aromatic heterocycles. The standard InChI is InChI=1S/C8H19NO6P2/c1-9(2)5-3-4-7(6-9)8(16(10,11)12)17(13,14)15/h7-8H,3-6H2,1-2H3,(H3-,10,11,12,13,14,15)/p+1. The quantitative estimate of drug-likeness (QED) is 0.434. The van der Waals surface area contributed by atoms with Crippen LogP contribution in [0.2, 0.25) is 0 Å². The molecule has 102 valence electrons. The zero-order valence-corrected chi connectivity index (χ0v) is 11.7. The molecule has 1 atom stereocenters. The lowest BCUT2D eigenvalue weighted by Gasteiger charge is -2.40. The van der Waals surface area contributed by atoms with Crippen molar-refractivity contribution in [1.82, 2.24) is 0 Å². The van der Waals surface area contributed by atoms with Crippen LogP contribution in [0.4, 0.5) is 0 Å². The summed E-state index contributed by atoms with van der Waals surface area (Å²) >= 11 is 0. The fraction of sp³-hybridized carbons (Fsp3) is 1.00. The van der Waals surface area contributed by atoms with Crippen molar-refractivity contribution in [2.75, 3.05) is 27.2 Å². The third-order valence-electron chi connectivity index (χ3n) is 3.18. The van der Waals surface area contributed by atoms with Crippen molar-refractivity contribution >= 4 is 15.2 Å². The van der Waals surface area contributed by atoms with Gasteiger partial charge in [-0.1, -0.05) is 0 Å². The van der Waals surface area contributed by atoms with Crippen molar-refractivity contribution in [3.63, 3.8) is 0 Å². The number of piperidine rings is 1. The lowest BCUT2D eigenvalue weighted by molar-refractivity contribution is -0.898. The van der Waals surface area contributed by atoms with Gasteiger partial charge >= 0.3 is 15.2 Å². The lowest BCUT2D eigenvalue weighted by Crippen LogP contribution is -2.50. The van der Waals surface area contributed by atoms with Gasteiger partial charge in [-0.25, -0.2) is 0 Å². The minimum Gasteiger partial charge on any atom is -0.328 e. The number of hydrogen-bond acceptors (Lipinski definition) is 2. The third kappa shape index (κ3) is 4.14. The highest BCUT2D eigenvalue weighted by molar-refractivity contribution is 7.70. The van der Waals surface area contributed by atoms with Gasteiger partial charge in [0, 0.05) is 5.92 Å². The van der Waals surface area contributed by atoms with Crippen molar-refractivity contribution in [1.29, 1.82) is 0 Å². The van der Waals surface area contributed by atoms with E-state index in [-0.39, 0.29) is 0 Å². The lowest BCUT2D eigenvalue weighted by atomic mass is 9.98. The zero-order chi connectivity index (χ0) is 13.5. The molecule has 0 radical (unpaired) electrons. The second kappa shape index (κ2) is 4.74. The summed E-state index contributed by atoms with van der Waals surface area (Å²) in [6.45, 7) is 1.23. The molecule has 1 aliphatic heterocycles. The van der Waals surface area contributed by atoms with Gasteiger partial charge in [0.05, 0.1) is 27.2 Å². The van der Waals surface area contributed by atoms with Crippen LogP contribution in [-0.2, 0) is 9.13 Å². The van der Waals surface area contributed by atoms with Gasteiger partial charge in [-0.15, -0.1) is 0 Å². The van der Waals surface area contributed by atoms with E-state index in [0.717, 1.165) is 6.54 Å². The van der Waals surface area contributed by atoms with Gasteiger partial charge in [0.25, 0.3) is 0 Å². The fourth-order valence-corrected chi connectivity index (χ4v) is 5.74. The predicted molar refractivity (Wildman–Crippen MR) is 62.4 cm³/mol. The topological polar surface area (TPSA) is 115 Å². The number of likely N-dealkylation sites (tertiary alicyclic amines) is 1. The van der Waals surface area contributed by atoms with Gasteiger partial charge < -0.3 is 24.1 Å². The van der Waals surface area contributed by atoms with Gasteiger partial charge in [-0.05, 0) is 12.8 Å². The minimum absolute atomic E-state index is 0.376. The Balaban J connectivity index is 3.01. The summed E-state index contributed by atoms with van der Waals surface area (Å²) in [5.74, 6) is -0.639. The van der Waals surface area contributed by atoms with Crippen molar-refractivity contribution in [3.05, 3.63) is 0 Å². The maximum Gasteiger partial charge on any atom is 0.341 e. The first-order valence-electron chi connectivity index (χ1n) is 5.36. The molecule has 7 nitrogen and oxygen atoms in total. The van der Waals surface area contributed by atoms with Crippen molar-refractivity contribution in [3.8, 4) is 0 Å². The maximum atomic E-state index is 11.3. The molecule has 1 rings (SSSR count). The molecule has 0 saturated carbocycles. The summed E-state index contributed by atoms with van der Waals surface area (Å²) in [4.78, 5) is 36.6. The second-order valence-electron chi connectivity index (χ2n) is 5.34. The molecule has 0 aromatic carbocycles. The normalized spacial score (nSPS) is 26.2. The van der Waals surface area contributed by atoms with E-state index in [4.69, 9.17) is 19.6 Å². The highest BCUT2D eigenvalue weighted by Gasteiger charge is 2.51. The molecule has 1 fully saturated rings. The Hall–Kier alpha value is 0.260. The van der Waals surface area contributed by atoms with E-state index >= 15 is 0 Å². The van der Waals surface area contributed by atoms with Crippen LogP contribution in [0.15, 0.2) is 0 Å². The van der Waals surface area contributed by atoms with E-state index in [2.05, 4.69) is 0 Å². The number of quaternary nitrogens is 1. The van der Waals surface area contributed by atoms with Crippen LogP contribution in [0.25, 0.3) is 0 Å². The summed E-state index contributed by atoms with van der Waals surface area (Å²) in [6, 6.07) is 0. The molecule has 4 N–H and O–H groups in total. The van der Waals surface area contributed by atoms with E-state index < -0.39 is 26.5 Å². The maximum absolute atomic E-state index is 11.3. The molecular formula is C8H20NO6P2+. The largest absolute Gasteiger partial charge is 0.341 e. The average Bonchev–Trinajstić information content (AvgIpc) is 1.94. The summed E-state index contributed by atoms with van der Waals surface area (Å²) in [5.41, 5.74) is 0. The fourth-order valence-electron chi connectivity index (χ4n) is 2.59. The SMILES string of the molecule is C[N+]1(C)CCCC(C(P(=O)(O)O)P(=O)(O)O)C1. The summed E-state index contributed by atoms with van der Waals surface area (Å²) < 4.78 is 23.1. The Kier molecular flexibility index (Phi) is 4.27. The highest BCUT2D eigenvalue weighted by atomic mass is 31.2. The Morgan fingerprint density at radius 1 is 1.12 bits per heavy atom. The summed E-state index contributed by atoms with van der Waals surface area (Å²) in [5, 5.41) is -1.85. The van der Waals surface area contributed by atoms with E-state index in [9.17, 15) is 9.13 Å². The average molecular weight is 288 g/mol. The van der Waals surface area contributed by atoms with Crippen LogP contribution in [0, 0.1) is 5.92 Å². The Labute approximate surface area is 100 Å². The van der Waals surface area contributed by atoms with Crippen LogP contribution < -0.4 is 0 Å². The van der Waals surface area contributed by atoms with Gasteiger partial charge in [0.2, 0.25) is 0 Å². The molecule has 0 aromatic rings. The van der Waals surface area contributed by atoms with Gasteiger partial charge in [-0.2, -0.15) is 0 Å². The van der Waals surface area contributed by atoms with E-state index in [0.29, 0.717) is 23.9 Å². The summed E-state index contributed by atoms with van der Waals surface area (Å²) in [6.07, 6.45) is 1.16. The molecule has 1 heterocycles. The van der Waals surface area contributed by atoms with E-state index in [1.165, 1.54) is 0 Å². The molecule has 0 aliphatic carbocycles. The molecule has 1 aliphatic rings. The number of nitrogens with zero attached hydrogens (tertiary/aromatic N) is 1. The van der Waals surface area contributed by atoms with Crippen LogP contribution in [0.3, 0.4) is 0 Å². The van der Waals surface area contributed by atoms with Gasteiger partial charge in [0.1, 0.15) is 0 Å². The van der Waals surface area contributed by atoms with Crippen molar-refractivity contribution in [2.45, 2.75) is 18.2 Å². The molecule has 1 unspecified atom stereocenters. The first-order valence-corrected chi connectivity index (χ1v) is 8.72. The second-order valence-corrected chi connectivity index (χ2v) is 9.21. The van der Waals surface area contributed by atoms with Gasteiger partial charge in [-0.3, -0.25) is 9.13 Å². The van der Waals surface area contributed by atoms with Crippen LogP contribution >= 0.6 is 15.2 Å². The molecule has 9 heteroatoms. The Bertz CT molecular complexity index is 350. The van der Waals surface area contributed by atoms with E-state index in [1.807, 2.05) is 14.1 Å². The molecule has 0 amide bonds. The third-order valence-corrected chi connectivity index (χ3v) is 7.20. The van der Waals surface area contributed by atoms with Crippen LogP contribution in [0.5, 0.6) is 0 Å². The predicted octanol–water partition coefficient (Wildman–Crippen LogP) is 0.154. The number of hydrogen-bond donors (Lipinski definition) is 4. The number of rotatable bonds is 3. The molecule has 1 saturated heterocycles. The Morgan fingerprint density at radius 2 is 1.59 bits per heavy atom. The molecule has 0 spiro atoms. The molecular weight excluding hydrogens is 268 g/mol. The summed E-state index contributed by atoms with van der Waals surface area (Å²) in [7, 11) is -5.81. The van der Waals surface area contributed by atoms with Crippen LogP contribution in [0.1, 0.15) is 12.8 Å². The Morgan fingerprint density at radius 3 is 1.94 bits per heavy atom. The first kappa shape index (κ1) is 15.3. The minimum atomic E-state index is -4.80. The van der Waals surface area contributed by atoms with E-state index in [1.54, 1.807) is 0 Å². The molecule has 0 bridgehead atoms. The highest BCUT2D eigenvalue weighted by Crippen LogP contribution is 2.63. The first-order chi connectivity index (χ1) is 7.43.